The van der Waals surface area contributed by atoms with Gasteiger partial charge in [0.15, 0.2) is 6.29 Å². The molecule has 0 aromatic rings. The zero-order valence-electron chi connectivity index (χ0n) is 14.7. The Morgan fingerprint density at radius 3 is 2.58 bits per heavy atom. The summed E-state index contributed by atoms with van der Waals surface area (Å²) in [6.45, 7) is 1.49. The third-order valence-electron chi connectivity index (χ3n) is 5.64. The summed E-state index contributed by atoms with van der Waals surface area (Å²) in [5.41, 5.74) is 0.454. The van der Waals surface area contributed by atoms with E-state index >= 15 is 0 Å². The molecule has 3 rings (SSSR count). The zero-order chi connectivity index (χ0) is 19.0. The summed E-state index contributed by atoms with van der Waals surface area (Å²) in [5, 5.41) is 39.2. The van der Waals surface area contributed by atoms with Crippen LogP contribution in [0.5, 0.6) is 0 Å². The highest BCUT2D eigenvalue weighted by atomic mass is 16.8. The highest BCUT2D eigenvalue weighted by molar-refractivity contribution is 5.89. The van der Waals surface area contributed by atoms with Crippen molar-refractivity contribution in [3.05, 3.63) is 11.8 Å². The molecule has 0 bridgehead atoms. The monoisotopic (exact) mass is 374 g/mol. The summed E-state index contributed by atoms with van der Waals surface area (Å²) in [6, 6.07) is 0. The van der Waals surface area contributed by atoms with Crippen molar-refractivity contribution in [2.45, 2.75) is 56.8 Å². The first-order chi connectivity index (χ1) is 12.4. The Bertz CT molecular complexity index is 548. The van der Waals surface area contributed by atoms with E-state index in [4.69, 9.17) is 18.9 Å². The molecule has 0 unspecified atom stereocenters. The van der Waals surface area contributed by atoms with Crippen LogP contribution in [-0.2, 0) is 23.7 Å². The summed E-state index contributed by atoms with van der Waals surface area (Å²) in [7, 11) is 1.31. The molecule has 148 valence electrons. The first-order valence-corrected chi connectivity index (χ1v) is 8.78. The van der Waals surface area contributed by atoms with Crippen molar-refractivity contribution in [3.63, 3.8) is 0 Å². The molecule has 1 aliphatic carbocycles. The number of ether oxygens (including phenoxy) is 4. The SMILES string of the molecule is COC(=O)C1=CO[C@@H](O[C@@H]2O[C@@H](CO)[C@@H](O)[C@H](O)[C@H]2O)[C@H]2[C@@H]1CC[C@@H]2C. The van der Waals surface area contributed by atoms with Crippen molar-refractivity contribution in [2.75, 3.05) is 13.7 Å². The number of carbonyl (C=O) groups is 1. The molecule has 4 N–H and O–H groups in total. The van der Waals surface area contributed by atoms with E-state index in [1.165, 1.54) is 13.4 Å². The summed E-state index contributed by atoms with van der Waals surface area (Å²) in [6.07, 6.45) is -4.63. The van der Waals surface area contributed by atoms with E-state index < -0.39 is 49.6 Å². The van der Waals surface area contributed by atoms with E-state index in [0.29, 0.717) is 5.57 Å². The standard InChI is InChI=1S/C17H26O9/c1-7-3-4-8-9(15(22)23-2)6-24-16(11(7)8)26-17-14(21)13(20)12(19)10(5-18)25-17/h6-8,10-14,16-21H,3-5H2,1-2H3/t7-,8+,10-,11+,12+,13-,14+,16-,17-/m0/s1. The van der Waals surface area contributed by atoms with Crippen molar-refractivity contribution in [1.82, 2.24) is 0 Å². The maximum Gasteiger partial charge on any atom is 0.337 e. The molecule has 0 radical (unpaired) electrons. The van der Waals surface area contributed by atoms with Crippen molar-refractivity contribution < 1.29 is 44.2 Å². The Morgan fingerprint density at radius 2 is 1.92 bits per heavy atom. The van der Waals surface area contributed by atoms with Crippen LogP contribution in [0.25, 0.3) is 0 Å². The Kier molecular flexibility index (Phi) is 5.85. The summed E-state index contributed by atoms with van der Waals surface area (Å²) < 4.78 is 21.6. The Labute approximate surface area is 151 Å². The van der Waals surface area contributed by atoms with Crippen LogP contribution in [0.2, 0.25) is 0 Å². The number of esters is 1. The number of hydrogen-bond acceptors (Lipinski definition) is 9. The largest absolute Gasteiger partial charge is 0.472 e. The van der Waals surface area contributed by atoms with Gasteiger partial charge in [0.05, 0.1) is 25.6 Å². The maximum atomic E-state index is 12.0. The van der Waals surface area contributed by atoms with Crippen molar-refractivity contribution in [1.29, 1.82) is 0 Å². The van der Waals surface area contributed by atoms with Crippen molar-refractivity contribution in [2.24, 2.45) is 17.8 Å². The zero-order valence-corrected chi connectivity index (χ0v) is 14.7. The lowest BCUT2D eigenvalue weighted by Gasteiger charge is -2.43. The van der Waals surface area contributed by atoms with Gasteiger partial charge in [-0.2, -0.15) is 0 Å². The second kappa shape index (κ2) is 7.79. The fourth-order valence-electron chi connectivity index (χ4n) is 4.12. The highest BCUT2D eigenvalue weighted by Gasteiger charge is 2.50. The van der Waals surface area contributed by atoms with Gasteiger partial charge in [-0.15, -0.1) is 0 Å². The Balaban J connectivity index is 1.77. The number of fused-ring (bicyclic) bond motifs is 1. The maximum absolute atomic E-state index is 12.0. The number of aliphatic hydroxyl groups is 4. The number of aliphatic hydroxyl groups excluding tert-OH is 4. The van der Waals surface area contributed by atoms with Gasteiger partial charge < -0.3 is 39.4 Å². The lowest BCUT2D eigenvalue weighted by atomic mass is 9.83. The molecule has 0 amide bonds. The van der Waals surface area contributed by atoms with Crippen LogP contribution in [-0.4, -0.2) is 77.1 Å². The Hall–Kier alpha value is -1.23. The lowest BCUT2D eigenvalue weighted by molar-refractivity contribution is -0.342. The van der Waals surface area contributed by atoms with E-state index in [1.54, 1.807) is 0 Å². The number of methoxy groups -OCH3 is 1. The van der Waals surface area contributed by atoms with Crippen LogP contribution in [0.1, 0.15) is 19.8 Å². The molecule has 2 aliphatic heterocycles. The van der Waals surface area contributed by atoms with Crippen LogP contribution >= 0.6 is 0 Å². The fraction of sp³-hybridized carbons (Fsp3) is 0.824. The van der Waals surface area contributed by atoms with E-state index in [9.17, 15) is 25.2 Å². The van der Waals surface area contributed by atoms with E-state index in [2.05, 4.69) is 0 Å². The lowest BCUT2D eigenvalue weighted by Crippen LogP contribution is -2.60. The third kappa shape index (κ3) is 3.35. The molecule has 1 saturated carbocycles. The normalized spacial score (nSPS) is 45.5. The van der Waals surface area contributed by atoms with Gasteiger partial charge in [-0.3, -0.25) is 0 Å². The smallest absolute Gasteiger partial charge is 0.337 e. The first-order valence-electron chi connectivity index (χ1n) is 8.78. The molecule has 2 heterocycles. The molecule has 0 aromatic carbocycles. The van der Waals surface area contributed by atoms with Gasteiger partial charge in [0.2, 0.25) is 6.29 Å². The molecule has 0 spiro atoms. The van der Waals surface area contributed by atoms with Gasteiger partial charge in [0, 0.05) is 11.8 Å². The number of rotatable bonds is 4. The van der Waals surface area contributed by atoms with Gasteiger partial charge in [-0.1, -0.05) is 6.92 Å². The highest BCUT2D eigenvalue weighted by Crippen LogP contribution is 2.47. The van der Waals surface area contributed by atoms with Crippen LogP contribution in [0.15, 0.2) is 11.8 Å². The molecular formula is C17H26O9. The predicted octanol–water partition coefficient (Wildman–Crippen LogP) is -1.12. The third-order valence-corrected chi connectivity index (χ3v) is 5.64. The first kappa shape index (κ1) is 19.5. The van der Waals surface area contributed by atoms with Gasteiger partial charge >= 0.3 is 5.97 Å². The molecule has 1 saturated heterocycles. The minimum atomic E-state index is -1.52. The van der Waals surface area contributed by atoms with E-state index in [-0.39, 0.29) is 17.8 Å². The second-order valence-electron chi connectivity index (χ2n) is 7.14. The molecule has 26 heavy (non-hydrogen) atoms. The van der Waals surface area contributed by atoms with Crippen molar-refractivity contribution >= 4 is 5.97 Å². The summed E-state index contributed by atoms with van der Waals surface area (Å²) in [5.74, 6) is -0.494. The number of carbonyl (C=O) groups excluding carboxylic acids is 1. The van der Waals surface area contributed by atoms with Crippen LogP contribution in [0.3, 0.4) is 0 Å². The Morgan fingerprint density at radius 1 is 1.19 bits per heavy atom. The van der Waals surface area contributed by atoms with Gasteiger partial charge in [0.25, 0.3) is 0 Å². The van der Waals surface area contributed by atoms with Crippen LogP contribution in [0.4, 0.5) is 0 Å². The van der Waals surface area contributed by atoms with Crippen molar-refractivity contribution in [3.8, 4) is 0 Å². The van der Waals surface area contributed by atoms with E-state index in [0.717, 1.165) is 12.8 Å². The molecule has 0 aromatic heterocycles. The number of hydrogen-bond donors (Lipinski definition) is 4. The second-order valence-corrected chi connectivity index (χ2v) is 7.14. The van der Waals surface area contributed by atoms with E-state index in [1.807, 2.05) is 6.92 Å². The minimum Gasteiger partial charge on any atom is -0.472 e. The summed E-state index contributed by atoms with van der Waals surface area (Å²) >= 11 is 0. The molecular weight excluding hydrogens is 348 g/mol. The van der Waals surface area contributed by atoms with Gasteiger partial charge in [-0.05, 0) is 18.8 Å². The molecule has 9 heteroatoms. The van der Waals surface area contributed by atoms with Crippen LogP contribution < -0.4 is 0 Å². The minimum absolute atomic E-state index is 0.0962. The molecule has 2 fully saturated rings. The topological polar surface area (TPSA) is 135 Å². The summed E-state index contributed by atoms with van der Waals surface area (Å²) in [4.78, 5) is 12.0. The fourth-order valence-corrected chi connectivity index (χ4v) is 4.12. The van der Waals surface area contributed by atoms with Gasteiger partial charge in [-0.25, -0.2) is 4.79 Å². The molecule has 9 atom stereocenters. The quantitative estimate of drug-likeness (QED) is 0.451. The van der Waals surface area contributed by atoms with Crippen LogP contribution in [0, 0.1) is 17.8 Å². The molecule has 3 aliphatic rings. The average Bonchev–Trinajstić information content (AvgIpc) is 3.04. The average molecular weight is 374 g/mol. The predicted molar refractivity (Wildman–Crippen MR) is 85.2 cm³/mol. The van der Waals surface area contributed by atoms with Gasteiger partial charge in [0.1, 0.15) is 24.4 Å². The molecule has 9 nitrogen and oxygen atoms in total.